The largest absolute Gasteiger partial charge is 0.354 e. The molecule has 31 heavy (non-hydrogen) atoms. The third kappa shape index (κ3) is 4.72. The van der Waals surface area contributed by atoms with Gasteiger partial charge in [-0.25, -0.2) is 8.42 Å². The third-order valence-electron chi connectivity index (χ3n) is 5.04. The number of rotatable bonds is 6. The van der Waals surface area contributed by atoms with Crippen molar-refractivity contribution in [2.75, 3.05) is 25.5 Å². The van der Waals surface area contributed by atoms with E-state index in [9.17, 15) is 28.1 Å². The first kappa shape index (κ1) is 22.4. The van der Waals surface area contributed by atoms with Crippen LogP contribution in [0.5, 0.6) is 0 Å². The van der Waals surface area contributed by atoms with Gasteiger partial charge in [0.25, 0.3) is 11.6 Å². The van der Waals surface area contributed by atoms with Gasteiger partial charge in [-0.2, -0.15) is 9.40 Å². The quantitative estimate of drug-likeness (QED) is 0.485. The zero-order chi connectivity index (χ0) is 22.8. The average Bonchev–Trinajstić information content (AvgIpc) is 3.13. The van der Waals surface area contributed by atoms with E-state index in [1.807, 2.05) is 0 Å². The highest BCUT2D eigenvalue weighted by Gasteiger charge is 2.33. The van der Waals surface area contributed by atoms with E-state index in [2.05, 4.69) is 15.7 Å². The summed E-state index contributed by atoms with van der Waals surface area (Å²) in [6.07, 6.45) is 2.12. The first-order valence-corrected chi connectivity index (χ1v) is 10.9. The van der Waals surface area contributed by atoms with Crippen molar-refractivity contribution in [3.63, 3.8) is 0 Å². The fourth-order valence-corrected chi connectivity index (χ4v) is 4.82. The van der Waals surface area contributed by atoms with Crippen LogP contribution in [0.15, 0.2) is 35.4 Å². The molecule has 13 heteroatoms. The molecule has 3 rings (SSSR count). The van der Waals surface area contributed by atoms with Gasteiger partial charge in [-0.1, -0.05) is 0 Å². The highest BCUT2D eigenvalue weighted by molar-refractivity contribution is 7.89. The molecule has 1 aliphatic heterocycles. The Morgan fingerprint density at radius 1 is 1.19 bits per heavy atom. The maximum atomic E-state index is 12.8. The Kier molecular flexibility index (Phi) is 6.36. The van der Waals surface area contributed by atoms with Gasteiger partial charge in [-0.05, 0) is 25.0 Å². The highest BCUT2D eigenvalue weighted by Crippen LogP contribution is 2.26. The number of nitrogens with zero attached hydrogens (tertiary/aromatic N) is 4. The van der Waals surface area contributed by atoms with E-state index in [1.165, 1.54) is 34.4 Å². The number of piperidine rings is 1. The van der Waals surface area contributed by atoms with Crippen LogP contribution in [-0.2, 0) is 21.9 Å². The van der Waals surface area contributed by atoms with E-state index in [0.717, 1.165) is 12.1 Å². The normalized spacial score (nSPS) is 15.4. The second-order valence-corrected chi connectivity index (χ2v) is 9.00. The number of non-ortho nitro benzene ring substituents is 1. The van der Waals surface area contributed by atoms with Gasteiger partial charge in [0.15, 0.2) is 5.69 Å². The number of aryl methyl sites for hydroxylation is 1. The maximum absolute atomic E-state index is 12.8. The number of hydrogen-bond donors (Lipinski definition) is 2. The fraction of sp³-hybridized carbons (Fsp3) is 0.389. The van der Waals surface area contributed by atoms with Crippen LogP contribution >= 0.6 is 0 Å². The molecule has 0 unspecified atom stereocenters. The molecule has 1 aromatic carbocycles. The summed E-state index contributed by atoms with van der Waals surface area (Å²) in [6.45, 7) is 0.263. The van der Waals surface area contributed by atoms with Crippen LogP contribution in [0.3, 0.4) is 0 Å². The van der Waals surface area contributed by atoms with Gasteiger partial charge >= 0.3 is 0 Å². The minimum atomic E-state index is -3.82. The lowest BCUT2D eigenvalue weighted by Gasteiger charge is -2.30. The molecule has 1 fully saturated rings. The molecule has 2 aromatic rings. The van der Waals surface area contributed by atoms with Gasteiger partial charge in [-0.3, -0.25) is 24.4 Å². The summed E-state index contributed by atoms with van der Waals surface area (Å²) < 4.78 is 28.3. The Labute approximate surface area is 178 Å². The lowest BCUT2D eigenvalue weighted by Crippen LogP contribution is -2.41. The first-order valence-electron chi connectivity index (χ1n) is 9.44. The number of nitrogens with one attached hydrogen (secondary N) is 2. The Morgan fingerprint density at radius 2 is 1.81 bits per heavy atom. The number of anilines is 1. The fourth-order valence-electron chi connectivity index (χ4n) is 3.35. The summed E-state index contributed by atoms with van der Waals surface area (Å²) >= 11 is 0. The Bertz CT molecular complexity index is 1100. The SMILES string of the molecule is CNC(=O)c1nn(C)cc1NC(=O)C1CCN(S(=O)(=O)c2ccc([N+](=O)[O-])cc2)CC1. The van der Waals surface area contributed by atoms with Gasteiger partial charge in [0.1, 0.15) is 0 Å². The predicted molar refractivity (Wildman–Crippen MR) is 110 cm³/mol. The van der Waals surface area contributed by atoms with Crippen LogP contribution in [-0.4, -0.2) is 59.4 Å². The molecule has 1 aliphatic rings. The Balaban J connectivity index is 1.64. The molecule has 0 atom stereocenters. The summed E-state index contributed by atoms with van der Waals surface area (Å²) in [5, 5.41) is 19.9. The van der Waals surface area contributed by atoms with Gasteiger partial charge in [0, 0.05) is 51.4 Å². The molecule has 12 nitrogen and oxygen atoms in total. The molecule has 0 aliphatic carbocycles. The summed E-state index contributed by atoms with van der Waals surface area (Å²) in [7, 11) is -0.727. The molecule has 1 aromatic heterocycles. The van der Waals surface area contributed by atoms with Crippen molar-refractivity contribution in [2.24, 2.45) is 13.0 Å². The molecule has 2 amide bonds. The smallest absolute Gasteiger partial charge is 0.273 e. The molecule has 1 saturated heterocycles. The molecule has 0 bridgehead atoms. The van der Waals surface area contributed by atoms with Crippen LogP contribution in [0.2, 0.25) is 0 Å². The van der Waals surface area contributed by atoms with Crippen molar-refractivity contribution in [1.29, 1.82) is 0 Å². The summed E-state index contributed by atoms with van der Waals surface area (Å²) in [5.74, 6) is -1.17. The molecule has 0 spiro atoms. The summed E-state index contributed by atoms with van der Waals surface area (Å²) in [4.78, 5) is 34.7. The van der Waals surface area contributed by atoms with Crippen molar-refractivity contribution in [1.82, 2.24) is 19.4 Å². The number of carbonyl (C=O) groups excluding carboxylic acids is 2. The summed E-state index contributed by atoms with van der Waals surface area (Å²) in [5.41, 5.74) is 0.185. The molecule has 0 radical (unpaired) electrons. The van der Waals surface area contributed by atoms with E-state index in [-0.39, 0.29) is 41.0 Å². The zero-order valence-corrected chi connectivity index (χ0v) is 17.8. The monoisotopic (exact) mass is 450 g/mol. The number of amides is 2. The Hall–Kier alpha value is -3.32. The minimum Gasteiger partial charge on any atom is -0.354 e. The van der Waals surface area contributed by atoms with Crippen molar-refractivity contribution < 1.29 is 22.9 Å². The summed E-state index contributed by atoms with van der Waals surface area (Å²) in [6, 6.07) is 4.69. The van der Waals surface area contributed by atoms with E-state index in [0.29, 0.717) is 12.8 Å². The highest BCUT2D eigenvalue weighted by atomic mass is 32.2. The molecule has 166 valence electrons. The van der Waals surface area contributed by atoms with Crippen LogP contribution in [0, 0.1) is 16.0 Å². The second kappa shape index (κ2) is 8.81. The van der Waals surface area contributed by atoms with Crippen molar-refractivity contribution in [3.05, 3.63) is 46.3 Å². The number of carbonyl (C=O) groups is 2. The van der Waals surface area contributed by atoms with Crippen LogP contribution in [0.1, 0.15) is 23.3 Å². The molecular weight excluding hydrogens is 428 g/mol. The van der Waals surface area contributed by atoms with Gasteiger partial charge in [0.05, 0.1) is 15.5 Å². The topological polar surface area (TPSA) is 157 Å². The van der Waals surface area contributed by atoms with E-state index >= 15 is 0 Å². The number of benzene rings is 1. The van der Waals surface area contributed by atoms with Crippen molar-refractivity contribution in [3.8, 4) is 0 Å². The molecule has 2 heterocycles. The van der Waals surface area contributed by atoms with Crippen LogP contribution in [0.4, 0.5) is 11.4 Å². The van der Waals surface area contributed by atoms with Gasteiger partial charge < -0.3 is 10.6 Å². The Morgan fingerprint density at radius 3 is 2.35 bits per heavy atom. The predicted octanol–water partition coefficient (Wildman–Crippen LogP) is 0.727. The van der Waals surface area contributed by atoms with Crippen molar-refractivity contribution >= 4 is 33.2 Å². The molecular formula is C18H22N6O6S. The van der Waals surface area contributed by atoms with Gasteiger partial charge in [-0.15, -0.1) is 0 Å². The van der Waals surface area contributed by atoms with E-state index in [1.54, 1.807) is 7.05 Å². The lowest BCUT2D eigenvalue weighted by atomic mass is 9.97. The molecule has 0 saturated carbocycles. The zero-order valence-electron chi connectivity index (χ0n) is 16.9. The number of hydrogen-bond acceptors (Lipinski definition) is 7. The standard InChI is InChI=1S/C18H22N6O6S/c1-19-18(26)16-15(11-22(2)21-16)20-17(25)12-7-9-23(10-8-12)31(29,30)14-5-3-13(4-6-14)24(27)28/h3-6,11-12H,7-10H2,1-2H3,(H,19,26)(H,20,25). The van der Waals surface area contributed by atoms with Crippen LogP contribution in [0.25, 0.3) is 0 Å². The maximum Gasteiger partial charge on any atom is 0.273 e. The van der Waals surface area contributed by atoms with Crippen LogP contribution < -0.4 is 10.6 Å². The van der Waals surface area contributed by atoms with Gasteiger partial charge in [0.2, 0.25) is 15.9 Å². The third-order valence-corrected chi connectivity index (χ3v) is 6.95. The van der Waals surface area contributed by atoms with E-state index in [4.69, 9.17) is 0 Å². The second-order valence-electron chi connectivity index (χ2n) is 7.06. The number of nitro groups is 1. The average molecular weight is 450 g/mol. The first-order chi connectivity index (χ1) is 14.6. The molecule has 2 N–H and O–H groups in total. The van der Waals surface area contributed by atoms with Crippen molar-refractivity contribution in [2.45, 2.75) is 17.7 Å². The number of aromatic nitrogens is 2. The lowest BCUT2D eigenvalue weighted by molar-refractivity contribution is -0.384. The minimum absolute atomic E-state index is 0.0356. The number of nitro benzene ring substituents is 1. The van der Waals surface area contributed by atoms with E-state index < -0.39 is 26.8 Å². The number of sulfonamides is 1.